The lowest BCUT2D eigenvalue weighted by Gasteiger charge is -2.24. The van der Waals surface area contributed by atoms with Gasteiger partial charge in [0.25, 0.3) is 10.1 Å². The molecule has 3 rings (SSSR count). The van der Waals surface area contributed by atoms with Crippen LogP contribution in [0.1, 0.15) is 73.6 Å². The van der Waals surface area contributed by atoms with Crippen LogP contribution in [0, 0.1) is 0 Å². The number of halogens is 2. The quantitative estimate of drug-likeness (QED) is 0.340. The molecule has 0 aromatic heterocycles. The minimum absolute atomic E-state index is 0.0368. The molecule has 32 heavy (non-hydrogen) atoms. The summed E-state index contributed by atoms with van der Waals surface area (Å²) >= 11 is 12.0. The molecule has 4 unspecified atom stereocenters. The summed E-state index contributed by atoms with van der Waals surface area (Å²) in [5.74, 6) is 0.552. The molecule has 0 saturated carbocycles. The van der Waals surface area contributed by atoms with E-state index in [0.717, 1.165) is 10.6 Å². The predicted octanol–water partition coefficient (Wildman–Crippen LogP) is 8.05. The van der Waals surface area contributed by atoms with Gasteiger partial charge in [-0.3, -0.25) is 4.55 Å². The van der Waals surface area contributed by atoms with Crippen LogP contribution in [-0.2, 0) is 10.1 Å². The molecule has 3 aromatic rings. The van der Waals surface area contributed by atoms with E-state index < -0.39 is 10.1 Å². The molecular weight excluding hydrogens is 463 g/mol. The van der Waals surface area contributed by atoms with E-state index in [0.29, 0.717) is 17.4 Å². The molecule has 0 radical (unpaired) electrons. The van der Waals surface area contributed by atoms with Crippen molar-refractivity contribution in [3.63, 3.8) is 0 Å². The van der Waals surface area contributed by atoms with Crippen molar-refractivity contribution in [3.8, 4) is 0 Å². The highest BCUT2D eigenvalue weighted by Gasteiger charge is 2.25. The molecule has 0 bridgehead atoms. The first-order valence-electron chi connectivity index (χ1n) is 10.6. The first-order chi connectivity index (χ1) is 15.0. The largest absolute Gasteiger partial charge is 0.294 e. The van der Waals surface area contributed by atoms with Gasteiger partial charge in [0.2, 0.25) is 0 Å². The summed E-state index contributed by atoms with van der Waals surface area (Å²) in [7, 11) is -4.37. The van der Waals surface area contributed by atoms with Crippen LogP contribution in [0.15, 0.2) is 71.6 Å². The van der Waals surface area contributed by atoms with Gasteiger partial charge in [0, 0.05) is 10.0 Å². The topological polar surface area (TPSA) is 54.4 Å². The number of rotatable bonds is 7. The second-order valence-corrected chi connectivity index (χ2v) is 10.8. The molecule has 4 atom stereocenters. The monoisotopic (exact) mass is 490 g/mol. The highest BCUT2D eigenvalue weighted by atomic mass is 35.5. The Morgan fingerprint density at radius 1 is 0.625 bits per heavy atom. The fourth-order valence-electron chi connectivity index (χ4n) is 4.11. The lowest BCUT2D eigenvalue weighted by atomic mass is 9.81. The van der Waals surface area contributed by atoms with Crippen molar-refractivity contribution in [1.82, 2.24) is 0 Å². The van der Waals surface area contributed by atoms with E-state index in [1.165, 1.54) is 17.2 Å². The van der Waals surface area contributed by atoms with E-state index >= 15 is 0 Å². The van der Waals surface area contributed by atoms with Gasteiger partial charge >= 0.3 is 0 Å². The molecule has 0 saturated heterocycles. The summed E-state index contributed by atoms with van der Waals surface area (Å²) in [5.41, 5.74) is 4.14. The first kappa shape index (κ1) is 24.8. The van der Waals surface area contributed by atoms with Crippen molar-refractivity contribution in [2.45, 2.75) is 56.3 Å². The van der Waals surface area contributed by atoms with Crippen LogP contribution in [0.2, 0.25) is 10.0 Å². The van der Waals surface area contributed by atoms with E-state index in [1.54, 1.807) is 12.1 Å². The third kappa shape index (κ3) is 5.55. The van der Waals surface area contributed by atoms with Crippen molar-refractivity contribution in [3.05, 3.63) is 99.0 Å². The second kappa shape index (κ2) is 9.96. The Morgan fingerprint density at radius 3 is 1.44 bits per heavy atom. The minimum Gasteiger partial charge on any atom is -0.282 e. The van der Waals surface area contributed by atoms with Gasteiger partial charge < -0.3 is 0 Å². The van der Waals surface area contributed by atoms with E-state index in [1.807, 2.05) is 19.1 Å². The zero-order valence-electron chi connectivity index (χ0n) is 18.6. The molecule has 3 nitrogen and oxygen atoms in total. The summed E-state index contributed by atoms with van der Waals surface area (Å²) in [6.45, 7) is 8.44. The summed E-state index contributed by atoms with van der Waals surface area (Å²) in [6.07, 6.45) is 0. The molecule has 0 aliphatic heterocycles. The number of benzene rings is 3. The Morgan fingerprint density at radius 2 is 1.00 bits per heavy atom. The molecule has 3 aromatic carbocycles. The summed E-state index contributed by atoms with van der Waals surface area (Å²) in [4.78, 5) is -0.133. The zero-order chi connectivity index (χ0) is 23.6. The smallest absolute Gasteiger partial charge is 0.282 e. The number of hydrogen-bond donors (Lipinski definition) is 1. The van der Waals surface area contributed by atoms with E-state index in [9.17, 15) is 13.0 Å². The van der Waals surface area contributed by atoms with E-state index in [2.05, 4.69) is 57.2 Å². The van der Waals surface area contributed by atoms with Gasteiger partial charge in [0.15, 0.2) is 0 Å². The lowest BCUT2D eigenvalue weighted by molar-refractivity contribution is 0.479. The Balaban J connectivity index is 1.82. The van der Waals surface area contributed by atoms with Crippen LogP contribution >= 0.6 is 23.2 Å². The standard InChI is InChI=1S/C26H28Cl2O3S/c1-16(17(2)22-9-11-23(27)12-10-22)20-5-7-21(8-6-20)18(3)19(4)25-14-13-24(28)15-26(25)32(29,30)31/h5-19H,1-4H3,(H,29,30,31). The van der Waals surface area contributed by atoms with Gasteiger partial charge in [-0.15, -0.1) is 0 Å². The van der Waals surface area contributed by atoms with Crippen molar-refractivity contribution in [2.75, 3.05) is 0 Å². The first-order valence-corrected chi connectivity index (χ1v) is 12.8. The highest BCUT2D eigenvalue weighted by Crippen LogP contribution is 2.38. The summed E-state index contributed by atoms with van der Waals surface area (Å²) in [5, 5.41) is 1.01. The molecule has 0 fully saturated rings. The molecule has 6 heteroatoms. The van der Waals surface area contributed by atoms with Gasteiger partial charge in [-0.05, 0) is 70.2 Å². The van der Waals surface area contributed by atoms with Crippen LogP contribution in [0.3, 0.4) is 0 Å². The SMILES string of the molecule is CC(c1ccc(Cl)cc1)C(C)c1ccc(C(C)C(C)c2ccc(Cl)cc2S(=O)(=O)O)cc1. The second-order valence-electron chi connectivity index (χ2n) is 8.53. The fourth-order valence-corrected chi connectivity index (χ4v) is 5.30. The maximum Gasteiger partial charge on any atom is 0.294 e. The third-order valence-electron chi connectivity index (χ3n) is 6.63. The third-order valence-corrected chi connectivity index (χ3v) is 8.02. The summed E-state index contributed by atoms with van der Waals surface area (Å²) < 4.78 is 33.4. The van der Waals surface area contributed by atoms with Gasteiger partial charge in [0.05, 0.1) is 4.90 Å². The van der Waals surface area contributed by atoms with Crippen molar-refractivity contribution in [1.29, 1.82) is 0 Å². The van der Waals surface area contributed by atoms with Gasteiger partial charge in [-0.2, -0.15) is 8.42 Å². The zero-order valence-corrected chi connectivity index (χ0v) is 20.9. The molecule has 0 aliphatic rings. The van der Waals surface area contributed by atoms with Crippen LogP contribution in [0.4, 0.5) is 0 Å². The normalized spacial score (nSPS) is 15.7. The van der Waals surface area contributed by atoms with Gasteiger partial charge in [-0.25, -0.2) is 0 Å². The molecule has 0 spiro atoms. The Bertz CT molecular complexity index is 1170. The fraction of sp³-hybridized carbons (Fsp3) is 0.308. The Labute approximate surface area is 201 Å². The van der Waals surface area contributed by atoms with Crippen molar-refractivity contribution < 1.29 is 13.0 Å². The van der Waals surface area contributed by atoms with Crippen LogP contribution in [0.25, 0.3) is 0 Å². The van der Waals surface area contributed by atoms with Gasteiger partial charge in [0.1, 0.15) is 0 Å². The number of hydrogen-bond acceptors (Lipinski definition) is 2. The average molecular weight is 491 g/mol. The van der Waals surface area contributed by atoms with E-state index in [-0.39, 0.29) is 21.8 Å². The molecule has 1 N–H and O–H groups in total. The van der Waals surface area contributed by atoms with Crippen LogP contribution < -0.4 is 0 Å². The molecule has 170 valence electrons. The van der Waals surface area contributed by atoms with Crippen LogP contribution in [-0.4, -0.2) is 13.0 Å². The maximum absolute atomic E-state index is 11.9. The molecule has 0 aliphatic carbocycles. The van der Waals surface area contributed by atoms with Crippen molar-refractivity contribution in [2.24, 2.45) is 0 Å². The predicted molar refractivity (Wildman–Crippen MR) is 133 cm³/mol. The van der Waals surface area contributed by atoms with Crippen LogP contribution in [0.5, 0.6) is 0 Å². The molecular formula is C26H28Cl2O3S. The van der Waals surface area contributed by atoms with Crippen molar-refractivity contribution >= 4 is 33.3 Å². The van der Waals surface area contributed by atoms with Gasteiger partial charge in [-0.1, -0.05) is 93.4 Å². The lowest BCUT2D eigenvalue weighted by Crippen LogP contribution is -2.11. The maximum atomic E-state index is 11.9. The Hall–Kier alpha value is -1.85. The minimum atomic E-state index is -4.37. The highest BCUT2D eigenvalue weighted by molar-refractivity contribution is 7.85. The molecule has 0 heterocycles. The summed E-state index contributed by atoms with van der Waals surface area (Å²) in [6, 6.07) is 21.1. The Kier molecular flexibility index (Phi) is 7.72. The average Bonchev–Trinajstić information content (AvgIpc) is 2.77. The van der Waals surface area contributed by atoms with E-state index in [4.69, 9.17) is 23.2 Å². The molecule has 0 amide bonds.